The van der Waals surface area contributed by atoms with Crippen molar-refractivity contribution in [3.63, 3.8) is 0 Å². The highest BCUT2D eigenvalue weighted by atomic mass is 16.3. The van der Waals surface area contributed by atoms with E-state index in [2.05, 4.69) is 19.7 Å². The maximum atomic E-state index is 10.4. The van der Waals surface area contributed by atoms with E-state index >= 15 is 0 Å². The summed E-state index contributed by atoms with van der Waals surface area (Å²) >= 11 is 0. The predicted molar refractivity (Wildman–Crippen MR) is 67.7 cm³/mol. The standard InChI is InChI=1S/C14H20O/c1-6-9-12(4)14(15,11-8-3)13(5)10-7-2/h6-10,15H,3-5,11H2,1-2H3. The minimum Gasteiger partial charge on any atom is -0.380 e. The highest BCUT2D eigenvalue weighted by Gasteiger charge is 2.29. The molecule has 0 fully saturated rings. The Kier molecular flexibility index (Phi) is 5.65. The zero-order chi connectivity index (χ0) is 11.9. The number of aliphatic hydroxyl groups is 1. The van der Waals surface area contributed by atoms with Crippen LogP contribution in [0.4, 0.5) is 0 Å². The van der Waals surface area contributed by atoms with Gasteiger partial charge in [0, 0.05) is 6.42 Å². The van der Waals surface area contributed by atoms with Crippen LogP contribution < -0.4 is 0 Å². The fourth-order valence-corrected chi connectivity index (χ4v) is 1.36. The van der Waals surface area contributed by atoms with E-state index in [1.165, 1.54) is 0 Å². The molecule has 0 radical (unpaired) electrons. The third kappa shape index (κ3) is 3.37. The van der Waals surface area contributed by atoms with Crippen LogP contribution in [0.3, 0.4) is 0 Å². The number of allylic oxidation sites excluding steroid dienone is 2. The lowest BCUT2D eigenvalue weighted by atomic mass is 9.84. The quantitative estimate of drug-likeness (QED) is 0.518. The van der Waals surface area contributed by atoms with Crippen molar-refractivity contribution in [3.05, 3.63) is 61.3 Å². The van der Waals surface area contributed by atoms with Crippen LogP contribution in [0, 0.1) is 0 Å². The lowest BCUT2D eigenvalue weighted by Crippen LogP contribution is -2.30. The molecule has 0 spiro atoms. The van der Waals surface area contributed by atoms with Crippen LogP contribution in [-0.2, 0) is 0 Å². The molecule has 1 heteroatoms. The van der Waals surface area contributed by atoms with Crippen LogP contribution in [-0.4, -0.2) is 10.7 Å². The van der Waals surface area contributed by atoms with Gasteiger partial charge in [0.05, 0.1) is 0 Å². The first-order chi connectivity index (χ1) is 7.02. The van der Waals surface area contributed by atoms with E-state index in [1.807, 2.05) is 26.0 Å². The minimum absolute atomic E-state index is 0.416. The van der Waals surface area contributed by atoms with Gasteiger partial charge in [-0.25, -0.2) is 0 Å². The average Bonchev–Trinajstić information content (AvgIpc) is 2.18. The van der Waals surface area contributed by atoms with Gasteiger partial charge in [-0.15, -0.1) is 6.58 Å². The van der Waals surface area contributed by atoms with Crippen molar-refractivity contribution in [2.75, 3.05) is 0 Å². The van der Waals surface area contributed by atoms with Crippen molar-refractivity contribution in [1.29, 1.82) is 0 Å². The minimum atomic E-state index is -1.11. The summed E-state index contributed by atoms with van der Waals surface area (Å²) in [6.45, 7) is 15.1. The Balaban J connectivity index is 5.12. The Morgan fingerprint density at radius 2 is 1.53 bits per heavy atom. The normalized spacial score (nSPS) is 15.4. The molecule has 0 unspecified atom stereocenters. The molecule has 0 saturated carbocycles. The number of hydrogen-bond acceptors (Lipinski definition) is 1. The largest absolute Gasteiger partial charge is 0.380 e. The van der Waals surface area contributed by atoms with Crippen LogP contribution in [0.2, 0.25) is 0 Å². The molecule has 1 nitrogen and oxygen atoms in total. The monoisotopic (exact) mass is 204 g/mol. The van der Waals surface area contributed by atoms with Gasteiger partial charge in [0.25, 0.3) is 0 Å². The number of rotatable bonds is 6. The molecule has 0 heterocycles. The average molecular weight is 204 g/mol. The fraction of sp³-hybridized carbons (Fsp3) is 0.286. The summed E-state index contributed by atoms with van der Waals surface area (Å²) in [5.74, 6) is 0. The molecule has 0 aromatic rings. The molecule has 82 valence electrons. The van der Waals surface area contributed by atoms with E-state index < -0.39 is 5.60 Å². The Hall–Kier alpha value is -1.34. The molecule has 0 saturated heterocycles. The Morgan fingerprint density at radius 1 is 1.13 bits per heavy atom. The molecule has 0 amide bonds. The van der Waals surface area contributed by atoms with Gasteiger partial charge < -0.3 is 5.11 Å². The summed E-state index contributed by atoms with van der Waals surface area (Å²) in [5, 5.41) is 10.4. The van der Waals surface area contributed by atoms with Gasteiger partial charge in [-0.2, -0.15) is 0 Å². The van der Waals surface area contributed by atoms with E-state index in [4.69, 9.17) is 0 Å². The van der Waals surface area contributed by atoms with Crippen molar-refractivity contribution in [2.45, 2.75) is 25.9 Å². The van der Waals surface area contributed by atoms with Crippen molar-refractivity contribution in [2.24, 2.45) is 0 Å². The second kappa shape index (κ2) is 6.20. The van der Waals surface area contributed by atoms with Crippen LogP contribution in [0.5, 0.6) is 0 Å². The smallest absolute Gasteiger partial charge is 0.117 e. The van der Waals surface area contributed by atoms with Crippen LogP contribution in [0.1, 0.15) is 20.3 Å². The van der Waals surface area contributed by atoms with Crippen molar-refractivity contribution < 1.29 is 5.11 Å². The van der Waals surface area contributed by atoms with Gasteiger partial charge in [0.15, 0.2) is 0 Å². The van der Waals surface area contributed by atoms with E-state index in [0.29, 0.717) is 17.6 Å². The van der Waals surface area contributed by atoms with E-state index in [1.54, 1.807) is 18.2 Å². The third-order valence-electron chi connectivity index (χ3n) is 2.24. The van der Waals surface area contributed by atoms with Crippen molar-refractivity contribution >= 4 is 0 Å². The molecule has 0 aliphatic carbocycles. The lowest BCUT2D eigenvalue weighted by molar-refractivity contribution is 0.128. The zero-order valence-corrected chi connectivity index (χ0v) is 9.66. The summed E-state index contributed by atoms with van der Waals surface area (Å²) in [4.78, 5) is 0. The first kappa shape index (κ1) is 13.7. The fourth-order valence-electron chi connectivity index (χ4n) is 1.36. The van der Waals surface area contributed by atoms with Gasteiger partial charge in [-0.3, -0.25) is 0 Å². The molecule has 0 aromatic carbocycles. The summed E-state index contributed by atoms with van der Waals surface area (Å²) < 4.78 is 0. The van der Waals surface area contributed by atoms with Gasteiger partial charge in [0.1, 0.15) is 5.60 Å². The van der Waals surface area contributed by atoms with Crippen molar-refractivity contribution in [3.8, 4) is 0 Å². The summed E-state index contributed by atoms with van der Waals surface area (Å²) in [5.41, 5.74) is 0.154. The first-order valence-corrected chi connectivity index (χ1v) is 5.00. The first-order valence-electron chi connectivity index (χ1n) is 5.00. The zero-order valence-electron chi connectivity index (χ0n) is 9.66. The van der Waals surface area contributed by atoms with Gasteiger partial charge in [-0.1, -0.05) is 43.5 Å². The van der Waals surface area contributed by atoms with E-state index in [9.17, 15) is 5.11 Å². The maximum Gasteiger partial charge on any atom is 0.117 e. The van der Waals surface area contributed by atoms with E-state index in [-0.39, 0.29) is 0 Å². The molecule has 0 rings (SSSR count). The Bertz CT molecular complexity index is 281. The summed E-state index contributed by atoms with van der Waals surface area (Å²) in [6.07, 6.45) is 9.36. The topological polar surface area (TPSA) is 20.2 Å². The molecule has 0 atom stereocenters. The predicted octanol–water partition coefficient (Wildman–Crippen LogP) is 3.56. The van der Waals surface area contributed by atoms with E-state index in [0.717, 1.165) is 0 Å². The molecule has 1 N–H and O–H groups in total. The maximum absolute atomic E-state index is 10.4. The van der Waals surface area contributed by atoms with Crippen LogP contribution in [0.25, 0.3) is 0 Å². The van der Waals surface area contributed by atoms with Gasteiger partial charge in [-0.05, 0) is 25.0 Å². The third-order valence-corrected chi connectivity index (χ3v) is 2.24. The highest BCUT2D eigenvalue weighted by Crippen LogP contribution is 2.29. The molecule has 0 aromatic heterocycles. The SMILES string of the molecule is C=CCC(O)(C(=C)C=CC)C(=C)C=CC. The molecular formula is C14H20O. The van der Waals surface area contributed by atoms with Gasteiger partial charge in [0.2, 0.25) is 0 Å². The summed E-state index contributed by atoms with van der Waals surface area (Å²) in [6, 6.07) is 0. The molecular weight excluding hydrogens is 184 g/mol. The lowest BCUT2D eigenvalue weighted by Gasteiger charge is -2.28. The molecule has 0 bridgehead atoms. The van der Waals surface area contributed by atoms with Crippen LogP contribution >= 0.6 is 0 Å². The summed E-state index contributed by atoms with van der Waals surface area (Å²) in [7, 11) is 0. The van der Waals surface area contributed by atoms with Crippen molar-refractivity contribution in [1.82, 2.24) is 0 Å². The Labute approximate surface area is 92.8 Å². The molecule has 0 aliphatic rings. The van der Waals surface area contributed by atoms with Gasteiger partial charge >= 0.3 is 0 Å². The van der Waals surface area contributed by atoms with Crippen LogP contribution in [0.15, 0.2) is 61.3 Å². The Morgan fingerprint density at radius 3 is 1.80 bits per heavy atom. The number of hydrogen-bond donors (Lipinski definition) is 1. The second-order valence-electron chi connectivity index (χ2n) is 3.40. The highest BCUT2D eigenvalue weighted by molar-refractivity contribution is 5.41. The molecule has 0 aliphatic heterocycles. The molecule has 15 heavy (non-hydrogen) atoms. The second-order valence-corrected chi connectivity index (χ2v) is 3.40.